The van der Waals surface area contributed by atoms with Crippen molar-refractivity contribution in [2.45, 2.75) is 26.8 Å². The van der Waals surface area contributed by atoms with Gasteiger partial charge in [-0.25, -0.2) is 0 Å². The predicted molar refractivity (Wildman–Crippen MR) is 97.9 cm³/mol. The highest BCUT2D eigenvalue weighted by molar-refractivity contribution is 5.79. The molecule has 1 amide bonds. The van der Waals surface area contributed by atoms with Gasteiger partial charge in [0.05, 0.1) is 6.42 Å². The van der Waals surface area contributed by atoms with Gasteiger partial charge in [-0.1, -0.05) is 54.1 Å². The van der Waals surface area contributed by atoms with Crippen LogP contribution >= 0.6 is 0 Å². The first-order valence-electron chi connectivity index (χ1n) is 8.72. The summed E-state index contributed by atoms with van der Waals surface area (Å²) >= 11 is 0. The summed E-state index contributed by atoms with van der Waals surface area (Å²) in [6, 6.07) is 16.8. The van der Waals surface area contributed by atoms with Gasteiger partial charge in [0.25, 0.3) is 0 Å². The zero-order valence-corrected chi connectivity index (χ0v) is 14.7. The van der Waals surface area contributed by atoms with E-state index in [1.165, 1.54) is 16.7 Å². The molecular weight excluding hydrogens is 296 g/mol. The first-order chi connectivity index (χ1) is 11.6. The number of piperazine rings is 1. The Morgan fingerprint density at radius 2 is 1.71 bits per heavy atom. The number of aryl methyl sites for hydroxylation is 2. The Hall–Kier alpha value is -2.13. The van der Waals surface area contributed by atoms with Gasteiger partial charge < -0.3 is 4.90 Å². The lowest BCUT2D eigenvalue weighted by Gasteiger charge is -2.35. The molecule has 1 aliphatic rings. The SMILES string of the molecule is Cc1cccc(CN2CCN(C(=O)Cc3ccccc3C)CC2)c1. The molecule has 1 fully saturated rings. The number of hydrogen-bond acceptors (Lipinski definition) is 2. The first-order valence-corrected chi connectivity index (χ1v) is 8.72. The molecule has 0 N–H and O–H groups in total. The lowest BCUT2D eigenvalue weighted by atomic mass is 10.1. The topological polar surface area (TPSA) is 23.6 Å². The average molecular weight is 322 g/mol. The van der Waals surface area contributed by atoms with Crippen LogP contribution in [0, 0.1) is 13.8 Å². The highest BCUT2D eigenvalue weighted by Gasteiger charge is 2.21. The van der Waals surface area contributed by atoms with Crippen molar-refractivity contribution < 1.29 is 4.79 Å². The van der Waals surface area contributed by atoms with Crippen LogP contribution in [0.25, 0.3) is 0 Å². The summed E-state index contributed by atoms with van der Waals surface area (Å²) in [6.45, 7) is 8.74. The lowest BCUT2D eigenvalue weighted by Crippen LogP contribution is -2.48. The van der Waals surface area contributed by atoms with Crippen LogP contribution in [0.3, 0.4) is 0 Å². The summed E-state index contributed by atoms with van der Waals surface area (Å²) in [5, 5.41) is 0. The number of carbonyl (C=O) groups excluding carboxylic acids is 1. The van der Waals surface area contributed by atoms with Crippen molar-refractivity contribution >= 4 is 5.91 Å². The Balaban J connectivity index is 1.51. The fourth-order valence-electron chi connectivity index (χ4n) is 3.31. The van der Waals surface area contributed by atoms with E-state index < -0.39 is 0 Å². The van der Waals surface area contributed by atoms with E-state index in [2.05, 4.69) is 55.1 Å². The molecule has 0 saturated carbocycles. The lowest BCUT2D eigenvalue weighted by molar-refractivity contribution is -0.132. The van der Waals surface area contributed by atoms with Crippen molar-refractivity contribution in [1.29, 1.82) is 0 Å². The number of carbonyl (C=O) groups is 1. The molecule has 2 aromatic carbocycles. The third kappa shape index (κ3) is 4.24. The molecule has 1 saturated heterocycles. The highest BCUT2D eigenvalue weighted by atomic mass is 16.2. The normalized spacial score (nSPS) is 15.5. The zero-order chi connectivity index (χ0) is 16.9. The second kappa shape index (κ2) is 7.63. The predicted octanol–water partition coefficient (Wildman–Crippen LogP) is 3.19. The molecule has 24 heavy (non-hydrogen) atoms. The van der Waals surface area contributed by atoms with E-state index in [0.717, 1.165) is 38.3 Å². The largest absolute Gasteiger partial charge is 0.340 e. The highest BCUT2D eigenvalue weighted by Crippen LogP contribution is 2.13. The molecule has 0 aliphatic carbocycles. The van der Waals surface area contributed by atoms with E-state index in [1.54, 1.807) is 0 Å². The van der Waals surface area contributed by atoms with Crippen molar-refractivity contribution in [3.63, 3.8) is 0 Å². The van der Waals surface area contributed by atoms with Gasteiger partial charge in [0.15, 0.2) is 0 Å². The Morgan fingerprint density at radius 1 is 0.958 bits per heavy atom. The van der Waals surface area contributed by atoms with Gasteiger partial charge in [-0.2, -0.15) is 0 Å². The van der Waals surface area contributed by atoms with Crippen molar-refractivity contribution in [2.24, 2.45) is 0 Å². The summed E-state index contributed by atoms with van der Waals surface area (Å²) in [5.41, 5.74) is 5.00. The number of benzene rings is 2. The maximum Gasteiger partial charge on any atom is 0.227 e. The Morgan fingerprint density at radius 3 is 2.42 bits per heavy atom. The van der Waals surface area contributed by atoms with Crippen LogP contribution in [0.15, 0.2) is 48.5 Å². The number of hydrogen-bond donors (Lipinski definition) is 0. The summed E-state index contributed by atoms with van der Waals surface area (Å²) in [6.07, 6.45) is 0.518. The van der Waals surface area contributed by atoms with E-state index in [0.29, 0.717) is 6.42 Å². The van der Waals surface area contributed by atoms with Crippen LogP contribution in [-0.4, -0.2) is 41.9 Å². The Labute approximate surface area is 144 Å². The molecule has 0 atom stereocenters. The van der Waals surface area contributed by atoms with Crippen molar-refractivity contribution in [2.75, 3.05) is 26.2 Å². The molecule has 0 spiro atoms. The molecule has 2 aromatic rings. The van der Waals surface area contributed by atoms with Crippen LogP contribution < -0.4 is 0 Å². The van der Waals surface area contributed by atoms with E-state index in [-0.39, 0.29) is 5.91 Å². The van der Waals surface area contributed by atoms with E-state index in [4.69, 9.17) is 0 Å². The van der Waals surface area contributed by atoms with Crippen molar-refractivity contribution in [3.8, 4) is 0 Å². The quantitative estimate of drug-likeness (QED) is 0.863. The fourth-order valence-corrected chi connectivity index (χ4v) is 3.31. The van der Waals surface area contributed by atoms with E-state index in [1.807, 2.05) is 17.0 Å². The standard InChI is InChI=1S/C21H26N2O/c1-17-6-5-8-19(14-17)16-22-10-12-23(13-11-22)21(24)15-20-9-4-3-7-18(20)2/h3-9,14H,10-13,15-16H2,1-2H3. The maximum absolute atomic E-state index is 12.5. The minimum atomic E-state index is 0.250. The van der Waals surface area contributed by atoms with Gasteiger partial charge in [0.1, 0.15) is 0 Å². The summed E-state index contributed by atoms with van der Waals surface area (Å²) in [7, 11) is 0. The van der Waals surface area contributed by atoms with Gasteiger partial charge in [-0.05, 0) is 30.5 Å². The van der Waals surface area contributed by atoms with Crippen LogP contribution in [0.5, 0.6) is 0 Å². The van der Waals surface area contributed by atoms with Crippen LogP contribution in [0.1, 0.15) is 22.3 Å². The maximum atomic E-state index is 12.5. The van der Waals surface area contributed by atoms with Crippen molar-refractivity contribution in [1.82, 2.24) is 9.80 Å². The number of amides is 1. The monoisotopic (exact) mass is 322 g/mol. The number of rotatable bonds is 4. The average Bonchev–Trinajstić information content (AvgIpc) is 2.57. The summed E-state index contributed by atoms with van der Waals surface area (Å²) in [4.78, 5) is 17.0. The Kier molecular flexibility index (Phi) is 5.31. The second-order valence-corrected chi connectivity index (χ2v) is 6.75. The summed E-state index contributed by atoms with van der Waals surface area (Å²) < 4.78 is 0. The minimum absolute atomic E-state index is 0.250. The molecule has 0 bridgehead atoms. The summed E-state index contributed by atoms with van der Waals surface area (Å²) in [5.74, 6) is 0.250. The molecule has 1 heterocycles. The van der Waals surface area contributed by atoms with Gasteiger partial charge in [-0.3, -0.25) is 9.69 Å². The minimum Gasteiger partial charge on any atom is -0.340 e. The number of nitrogens with zero attached hydrogens (tertiary/aromatic N) is 2. The molecule has 1 aliphatic heterocycles. The molecule has 0 aromatic heterocycles. The molecular formula is C21H26N2O. The van der Waals surface area contributed by atoms with Gasteiger partial charge >= 0.3 is 0 Å². The molecule has 3 nitrogen and oxygen atoms in total. The van der Waals surface area contributed by atoms with Gasteiger partial charge in [0, 0.05) is 32.7 Å². The Bertz CT molecular complexity index is 702. The zero-order valence-electron chi connectivity index (χ0n) is 14.7. The van der Waals surface area contributed by atoms with Crippen molar-refractivity contribution in [3.05, 3.63) is 70.8 Å². The second-order valence-electron chi connectivity index (χ2n) is 6.75. The molecule has 0 unspecified atom stereocenters. The third-order valence-electron chi connectivity index (χ3n) is 4.82. The molecule has 3 rings (SSSR count). The van der Waals surface area contributed by atoms with Gasteiger partial charge in [-0.15, -0.1) is 0 Å². The van der Waals surface area contributed by atoms with Crippen LogP contribution in [0.4, 0.5) is 0 Å². The van der Waals surface area contributed by atoms with E-state index >= 15 is 0 Å². The molecule has 0 radical (unpaired) electrons. The van der Waals surface area contributed by atoms with Crippen LogP contribution in [-0.2, 0) is 17.8 Å². The fraction of sp³-hybridized carbons (Fsp3) is 0.381. The van der Waals surface area contributed by atoms with Gasteiger partial charge in [0.2, 0.25) is 5.91 Å². The van der Waals surface area contributed by atoms with E-state index in [9.17, 15) is 4.79 Å². The molecule has 3 heteroatoms. The first kappa shape index (κ1) is 16.7. The third-order valence-corrected chi connectivity index (χ3v) is 4.82. The van der Waals surface area contributed by atoms with Crippen LogP contribution in [0.2, 0.25) is 0 Å². The smallest absolute Gasteiger partial charge is 0.227 e. The molecule has 126 valence electrons.